The van der Waals surface area contributed by atoms with Gasteiger partial charge in [-0.25, -0.2) is 4.39 Å². The number of nitrogens with zero attached hydrogens (tertiary/aromatic N) is 2. The van der Waals surface area contributed by atoms with Crippen molar-refractivity contribution in [2.45, 2.75) is 13.5 Å². The summed E-state index contributed by atoms with van der Waals surface area (Å²) in [6.07, 6.45) is 1.63. The Morgan fingerprint density at radius 2 is 1.81 bits per heavy atom. The van der Waals surface area contributed by atoms with Crippen LogP contribution >= 0.6 is 0 Å². The van der Waals surface area contributed by atoms with E-state index in [1.54, 1.807) is 55.5 Å². The zero-order valence-corrected chi connectivity index (χ0v) is 17.2. The van der Waals surface area contributed by atoms with Crippen LogP contribution < -0.4 is 4.74 Å². The van der Waals surface area contributed by atoms with E-state index in [-0.39, 0.29) is 36.7 Å². The van der Waals surface area contributed by atoms with Crippen LogP contribution in [0, 0.1) is 17.1 Å². The van der Waals surface area contributed by atoms with E-state index in [4.69, 9.17) is 9.47 Å². The zero-order valence-electron chi connectivity index (χ0n) is 17.2. The Bertz CT molecular complexity index is 1100. The van der Waals surface area contributed by atoms with Crippen molar-refractivity contribution in [3.63, 3.8) is 0 Å². The van der Waals surface area contributed by atoms with Gasteiger partial charge >= 0.3 is 0 Å². The number of rotatable bonds is 7. The minimum Gasteiger partial charge on any atom is -0.489 e. The van der Waals surface area contributed by atoms with Gasteiger partial charge in [0.2, 0.25) is 0 Å². The Hall–Kier alpha value is -3.76. The molecule has 0 atom stereocenters. The number of amides is 2. The van der Waals surface area contributed by atoms with Gasteiger partial charge in [-0.2, -0.15) is 5.26 Å². The third kappa shape index (κ3) is 4.87. The smallest absolute Gasteiger partial charge is 0.271 e. The molecule has 0 radical (unpaired) electrons. The number of methoxy groups -OCH3 is 1. The SMILES string of the molecule is COCCN1C(=O)C(C#N)=C(C)/C(=C\c2ccc(OCc3ccccc3F)cc2)C1=O. The summed E-state index contributed by atoms with van der Waals surface area (Å²) in [5.41, 5.74) is 1.69. The molecule has 158 valence electrons. The first kappa shape index (κ1) is 21.9. The third-order valence-electron chi connectivity index (χ3n) is 4.89. The summed E-state index contributed by atoms with van der Waals surface area (Å²) in [6, 6.07) is 15.2. The number of benzene rings is 2. The molecule has 0 bridgehead atoms. The second kappa shape index (κ2) is 9.83. The molecule has 31 heavy (non-hydrogen) atoms. The molecule has 0 aromatic heterocycles. The van der Waals surface area contributed by atoms with E-state index in [1.807, 2.05) is 6.07 Å². The molecule has 0 aliphatic carbocycles. The van der Waals surface area contributed by atoms with Crippen molar-refractivity contribution < 1.29 is 23.5 Å². The predicted molar refractivity (Wildman–Crippen MR) is 112 cm³/mol. The molecular formula is C24H21FN2O4. The summed E-state index contributed by atoms with van der Waals surface area (Å²) in [5.74, 6) is -0.875. The average molecular weight is 420 g/mol. The van der Waals surface area contributed by atoms with Gasteiger partial charge in [-0.1, -0.05) is 30.3 Å². The van der Waals surface area contributed by atoms with E-state index >= 15 is 0 Å². The number of imide groups is 1. The van der Waals surface area contributed by atoms with Gasteiger partial charge in [-0.3, -0.25) is 14.5 Å². The molecule has 2 amide bonds. The fourth-order valence-electron chi connectivity index (χ4n) is 3.12. The van der Waals surface area contributed by atoms with Crippen molar-refractivity contribution >= 4 is 17.9 Å². The molecule has 0 unspecified atom stereocenters. The first-order chi connectivity index (χ1) is 15.0. The Labute approximate surface area is 179 Å². The molecule has 7 heteroatoms. The summed E-state index contributed by atoms with van der Waals surface area (Å²) >= 11 is 0. The number of nitriles is 1. The second-order valence-corrected chi connectivity index (χ2v) is 6.87. The van der Waals surface area contributed by atoms with Crippen molar-refractivity contribution in [2.75, 3.05) is 20.3 Å². The maximum absolute atomic E-state index is 13.7. The minimum atomic E-state index is -0.615. The molecule has 2 aromatic carbocycles. The first-order valence-electron chi connectivity index (χ1n) is 9.60. The van der Waals surface area contributed by atoms with Crippen LogP contribution in [0.3, 0.4) is 0 Å². The Kier molecular flexibility index (Phi) is 6.96. The van der Waals surface area contributed by atoms with Crippen LogP contribution in [0.15, 0.2) is 65.3 Å². The standard InChI is InChI=1S/C24H21FN2O4/c1-16-20(23(28)27(11-12-30-2)24(29)21(16)14-26)13-17-7-9-19(10-8-17)31-15-18-5-3-4-6-22(18)25/h3-10,13H,11-12,15H2,1-2H3/b20-13+. The quantitative estimate of drug-likeness (QED) is 0.505. The Balaban J connectivity index is 1.81. The van der Waals surface area contributed by atoms with Gasteiger partial charge in [-0.05, 0) is 42.3 Å². The maximum Gasteiger partial charge on any atom is 0.271 e. The summed E-state index contributed by atoms with van der Waals surface area (Å²) in [7, 11) is 1.47. The number of hydrogen-bond acceptors (Lipinski definition) is 5. The van der Waals surface area contributed by atoms with Gasteiger partial charge < -0.3 is 9.47 Å². The average Bonchev–Trinajstić information content (AvgIpc) is 2.77. The zero-order chi connectivity index (χ0) is 22.4. The largest absolute Gasteiger partial charge is 0.489 e. The number of carbonyl (C=O) groups is 2. The first-order valence-corrected chi connectivity index (χ1v) is 9.60. The van der Waals surface area contributed by atoms with E-state index < -0.39 is 11.8 Å². The van der Waals surface area contributed by atoms with Gasteiger partial charge in [0, 0.05) is 18.2 Å². The van der Waals surface area contributed by atoms with E-state index in [0.717, 1.165) is 4.90 Å². The summed E-state index contributed by atoms with van der Waals surface area (Å²) in [6.45, 7) is 1.92. The van der Waals surface area contributed by atoms with Crippen LogP contribution in [0.25, 0.3) is 6.08 Å². The third-order valence-corrected chi connectivity index (χ3v) is 4.89. The predicted octanol–water partition coefficient (Wildman–Crippen LogP) is 3.64. The summed E-state index contributed by atoms with van der Waals surface area (Å²) in [4.78, 5) is 26.3. The van der Waals surface area contributed by atoms with E-state index in [0.29, 0.717) is 22.4 Å². The van der Waals surface area contributed by atoms with Crippen molar-refractivity contribution in [1.82, 2.24) is 4.90 Å². The van der Waals surface area contributed by atoms with Crippen LogP contribution in [0.1, 0.15) is 18.1 Å². The monoisotopic (exact) mass is 420 g/mol. The van der Waals surface area contributed by atoms with Crippen LogP contribution in [0.2, 0.25) is 0 Å². The van der Waals surface area contributed by atoms with Crippen molar-refractivity contribution in [3.05, 3.63) is 82.2 Å². The van der Waals surface area contributed by atoms with Crippen molar-refractivity contribution in [3.8, 4) is 11.8 Å². The van der Waals surface area contributed by atoms with E-state index in [9.17, 15) is 19.2 Å². The molecule has 1 aliphatic rings. The molecule has 0 fully saturated rings. The highest BCUT2D eigenvalue weighted by atomic mass is 19.1. The molecule has 1 heterocycles. The molecule has 1 aliphatic heterocycles. The molecule has 0 saturated carbocycles. The normalized spacial score (nSPS) is 15.4. The number of halogens is 1. The van der Waals surface area contributed by atoms with Crippen molar-refractivity contribution in [1.29, 1.82) is 5.26 Å². The van der Waals surface area contributed by atoms with Crippen molar-refractivity contribution in [2.24, 2.45) is 0 Å². The minimum absolute atomic E-state index is 0.0623. The lowest BCUT2D eigenvalue weighted by Gasteiger charge is -2.27. The molecule has 0 N–H and O–H groups in total. The van der Waals surface area contributed by atoms with E-state index in [1.165, 1.54) is 13.2 Å². The second-order valence-electron chi connectivity index (χ2n) is 6.87. The van der Waals surface area contributed by atoms with E-state index in [2.05, 4.69) is 0 Å². The van der Waals surface area contributed by atoms with Crippen LogP contribution in [-0.2, 0) is 20.9 Å². The van der Waals surface area contributed by atoms with Crippen LogP contribution in [0.4, 0.5) is 4.39 Å². The van der Waals surface area contributed by atoms with Gasteiger partial charge in [0.1, 0.15) is 29.8 Å². The fraction of sp³-hybridized carbons (Fsp3) is 0.208. The highest BCUT2D eigenvalue weighted by Gasteiger charge is 2.35. The highest BCUT2D eigenvalue weighted by molar-refractivity contribution is 6.19. The number of hydrogen-bond donors (Lipinski definition) is 0. The lowest BCUT2D eigenvalue weighted by atomic mass is 9.93. The molecular weight excluding hydrogens is 399 g/mol. The fourth-order valence-corrected chi connectivity index (χ4v) is 3.12. The van der Waals surface area contributed by atoms with Gasteiger partial charge in [0.05, 0.1) is 13.2 Å². The van der Waals surface area contributed by atoms with Crippen LogP contribution in [-0.4, -0.2) is 37.0 Å². The number of ether oxygens (including phenoxy) is 2. The molecule has 2 aromatic rings. The Morgan fingerprint density at radius 3 is 2.45 bits per heavy atom. The molecule has 0 saturated heterocycles. The van der Waals surface area contributed by atoms with Gasteiger partial charge in [0.25, 0.3) is 11.8 Å². The highest BCUT2D eigenvalue weighted by Crippen LogP contribution is 2.27. The lowest BCUT2D eigenvalue weighted by molar-refractivity contribution is -0.141. The number of carbonyl (C=O) groups excluding carboxylic acids is 2. The Morgan fingerprint density at radius 1 is 1.10 bits per heavy atom. The van der Waals surface area contributed by atoms with Crippen LogP contribution in [0.5, 0.6) is 5.75 Å². The molecule has 0 spiro atoms. The summed E-state index contributed by atoms with van der Waals surface area (Å²) < 4.78 is 24.3. The molecule has 3 rings (SSSR count). The lowest BCUT2D eigenvalue weighted by Crippen LogP contribution is -2.44. The summed E-state index contributed by atoms with van der Waals surface area (Å²) in [5, 5.41) is 9.39. The van der Waals surface area contributed by atoms with Gasteiger partial charge in [-0.15, -0.1) is 0 Å². The topological polar surface area (TPSA) is 79.6 Å². The molecule has 6 nitrogen and oxygen atoms in total. The van der Waals surface area contributed by atoms with Gasteiger partial charge in [0.15, 0.2) is 0 Å². The maximum atomic E-state index is 13.7.